The molecule has 8 heteroatoms. The minimum atomic E-state index is -1.38. The summed E-state index contributed by atoms with van der Waals surface area (Å²) in [5, 5.41) is 29.1. The number of aryl methyl sites for hydroxylation is 1. The van der Waals surface area contributed by atoms with Crippen LogP contribution in [-0.2, 0) is 17.7 Å². The average Bonchev–Trinajstić information content (AvgIpc) is 2.91. The lowest BCUT2D eigenvalue weighted by Gasteiger charge is -2.18. The summed E-state index contributed by atoms with van der Waals surface area (Å²) >= 11 is 0. The predicted molar refractivity (Wildman–Crippen MR) is 88.1 cm³/mol. The lowest BCUT2D eigenvalue weighted by atomic mass is 10.1. The number of hydrogen-bond donors (Lipinski definition) is 3. The summed E-state index contributed by atoms with van der Waals surface area (Å²) in [5.74, 6) is 0. The van der Waals surface area contributed by atoms with Gasteiger partial charge < -0.3 is 20.1 Å². The Morgan fingerprint density at radius 3 is 2.40 bits per heavy atom. The highest BCUT2D eigenvalue weighted by Gasteiger charge is 2.43. The van der Waals surface area contributed by atoms with Crippen LogP contribution in [0.15, 0.2) is 52.2 Å². The molecule has 0 spiro atoms. The van der Waals surface area contributed by atoms with Gasteiger partial charge in [-0.25, -0.2) is 4.79 Å². The van der Waals surface area contributed by atoms with Crippen molar-refractivity contribution in [2.45, 2.75) is 37.5 Å². The molecule has 1 aromatic heterocycles. The number of rotatable bonds is 5. The fourth-order valence-electron chi connectivity index (χ4n) is 2.93. The quantitative estimate of drug-likeness (QED) is 0.630. The van der Waals surface area contributed by atoms with Crippen LogP contribution in [0.2, 0.25) is 0 Å². The van der Waals surface area contributed by atoms with Gasteiger partial charge in [-0.15, -0.1) is 0 Å². The molecule has 0 aliphatic carbocycles. The van der Waals surface area contributed by atoms with Crippen LogP contribution in [0, 0.1) is 0 Å². The van der Waals surface area contributed by atoms with Crippen LogP contribution in [0.4, 0.5) is 0 Å². The molecule has 134 valence electrons. The molecule has 2 aromatic rings. The van der Waals surface area contributed by atoms with Gasteiger partial charge in [-0.05, 0) is 12.0 Å². The molecule has 3 N–H and O–H groups in total. The SMILES string of the molecule is O=c1ccn(C2OC(CO)[C@H](O)C2O)c(=O)n1CCc1ccccc1. The second-order valence-corrected chi connectivity index (χ2v) is 5.96. The summed E-state index contributed by atoms with van der Waals surface area (Å²) in [6.07, 6.45) is -3.12. The Hall–Kier alpha value is -2.26. The highest BCUT2D eigenvalue weighted by molar-refractivity contribution is 5.14. The van der Waals surface area contributed by atoms with E-state index in [1.807, 2.05) is 30.3 Å². The first-order valence-corrected chi connectivity index (χ1v) is 8.01. The van der Waals surface area contributed by atoms with E-state index in [9.17, 15) is 19.8 Å². The fourth-order valence-corrected chi connectivity index (χ4v) is 2.93. The number of nitrogens with zero attached hydrogens (tertiary/aromatic N) is 2. The van der Waals surface area contributed by atoms with E-state index in [4.69, 9.17) is 9.84 Å². The predicted octanol–water partition coefficient (Wildman–Crippen LogP) is -1.14. The zero-order chi connectivity index (χ0) is 18.0. The van der Waals surface area contributed by atoms with Crippen molar-refractivity contribution in [3.05, 3.63) is 69.0 Å². The maximum Gasteiger partial charge on any atom is 0.333 e. The Balaban J connectivity index is 1.88. The zero-order valence-corrected chi connectivity index (χ0v) is 13.4. The Labute approximate surface area is 143 Å². The number of benzene rings is 1. The molecule has 0 amide bonds. The van der Waals surface area contributed by atoms with Crippen molar-refractivity contribution < 1.29 is 20.1 Å². The second kappa shape index (κ2) is 7.32. The van der Waals surface area contributed by atoms with Crippen molar-refractivity contribution in [3.8, 4) is 0 Å². The lowest BCUT2D eigenvalue weighted by molar-refractivity contribution is -0.0556. The molecule has 4 atom stereocenters. The normalized spacial score (nSPS) is 26.0. The smallest absolute Gasteiger partial charge is 0.333 e. The van der Waals surface area contributed by atoms with E-state index in [0.717, 1.165) is 14.7 Å². The highest BCUT2D eigenvalue weighted by Crippen LogP contribution is 2.27. The minimum absolute atomic E-state index is 0.178. The Morgan fingerprint density at radius 1 is 1.04 bits per heavy atom. The molecule has 8 nitrogen and oxygen atoms in total. The lowest BCUT2D eigenvalue weighted by Crippen LogP contribution is -2.43. The summed E-state index contributed by atoms with van der Waals surface area (Å²) in [4.78, 5) is 24.7. The molecule has 0 saturated carbocycles. The van der Waals surface area contributed by atoms with Crippen molar-refractivity contribution in [1.82, 2.24) is 9.13 Å². The van der Waals surface area contributed by atoms with Crippen molar-refractivity contribution >= 4 is 0 Å². The topological polar surface area (TPSA) is 114 Å². The molecule has 3 rings (SSSR count). The third-order valence-electron chi connectivity index (χ3n) is 4.35. The highest BCUT2D eigenvalue weighted by atomic mass is 16.6. The zero-order valence-electron chi connectivity index (χ0n) is 13.4. The second-order valence-electron chi connectivity index (χ2n) is 5.96. The fraction of sp³-hybridized carbons (Fsp3) is 0.412. The molecule has 3 unspecified atom stereocenters. The molecule has 0 radical (unpaired) electrons. The summed E-state index contributed by atoms with van der Waals surface area (Å²) < 4.78 is 7.48. The first kappa shape index (κ1) is 17.6. The first-order valence-electron chi connectivity index (χ1n) is 8.01. The molecule has 1 aliphatic rings. The van der Waals surface area contributed by atoms with E-state index in [0.29, 0.717) is 6.42 Å². The van der Waals surface area contributed by atoms with Crippen LogP contribution >= 0.6 is 0 Å². The van der Waals surface area contributed by atoms with Crippen LogP contribution in [0.5, 0.6) is 0 Å². The van der Waals surface area contributed by atoms with Crippen molar-refractivity contribution in [2.24, 2.45) is 0 Å². The van der Waals surface area contributed by atoms with Gasteiger partial charge in [-0.1, -0.05) is 30.3 Å². The average molecular weight is 348 g/mol. The standard InChI is InChI=1S/C17H20N2O6/c20-10-12-14(22)15(23)16(25-12)19-9-7-13(21)18(17(19)24)8-6-11-4-2-1-3-5-11/h1-5,7,9,12,14-16,20,22-23H,6,8,10H2/t12?,14-,15?,16?/m0/s1. The molecule has 1 aromatic carbocycles. The number of ether oxygens (including phenoxy) is 1. The van der Waals surface area contributed by atoms with Gasteiger partial charge in [0.2, 0.25) is 0 Å². The van der Waals surface area contributed by atoms with Crippen molar-refractivity contribution in [1.29, 1.82) is 0 Å². The van der Waals surface area contributed by atoms with Gasteiger partial charge >= 0.3 is 5.69 Å². The maximum atomic E-state index is 12.6. The molecule has 1 aliphatic heterocycles. The minimum Gasteiger partial charge on any atom is -0.394 e. The van der Waals surface area contributed by atoms with E-state index < -0.39 is 42.4 Å². The van der Waals surface area contributed by atoms with Gasteiger partial charge in [0.15, 0.2) is 6.23 Å². The van der Waals surface area contributed by atoms with Gasteiger partial charge in [0, 0.05) is 18.8 Å². The summed E-state index contributed by atoms with van der Waals surface area (Å²) in [6, 6.07) is 10.6. The van der Waals surface area contributed by atoms with Crippen molar-refractivity contribution in [3.63, 3.8) is 0 Å². The van der Waals surface area contributed by atoms with Crippen molar-refractivity contribution in [2.75, 3.05) is 6.61 Å². The molecule has 2 heterocycles. The van der Waals surface area contributed by atoms with E-state index >= 15 is 0 Å². The molecular formula is C17H20N2O6. The van der Waals surface area contributed by atoms with Gasteiger partial charge in [-0.2, -0.15) is 0 Å². The number of aliphatic hydroxyl groups excluding tert-OH is 3. The van der Waals surface area contributed by atoms with Crippen LogP contribution in [0.1, 0.15) is 11.8 Å². The van der Waals surface area contributed by atoms with Gasteiger partial charge in [0.1, 0.15) is 18.3 Å². The van der Waals surface area contributed by atoms with Gasteiger partial charge in [-0.3, -0.25) is 13.9 Å². The van der Waals surface area contributed by atoms with Crippen LogP contribution in [-0.4, -0.2) is 49.4 Å². The Bertz CT molecular complexity index is 831. The number of aromatic nitrogens is 2. The molecule has 1 fully saturated rings. The number of hydrogen-bond acceptors (Lipinski definition) is 6. The van der Waals surface area contributed by atoms with E-state index in [1.165, 1.54) is 12.3 Å². The van der Waals surface area contributed by atoms with E-state index in [-0.39, 0.29) is 6.54 Å². The summed E-state index contributed by atoms with van der Waals surface area (Å²) in [7, 11) is 0. The number of aliphatic hydroxyl groups is 3. The maximum absolute atomic E-state index is 12.6. The molecule has 0 bridgehead atoms. The molecule has 1 saturated heterocycles. The Morgan fingerprint density at radius 2 is 1.76 bits per heavy atom. The third-order valence-corrected chi connectivity index (χ3v) is 4.35. The first-order chi connectivity index (χ1) is 12.0. The Kier molecular flexibility index (Phi) is 5.14. The molecular weight excluding hydrogens is 328 g/mol. The molecule has 25 heavy (non-hydrogen) atoms. The van der Waals surface area contributed by atoms with Crippen LogP contribution < -0.4 is 11.2 Å². The van der Waals surface area contributed by atoms with Gasteiger partial charge in [0.25, 0.3) is 5.56 Å². The van der Waals surface area contributed by atoms with Gasteiger partial charge in [0.05, 0.1) is 6.61 Å². The summed E-state index contributed by atoms with van der Waals surface area (Å²) in [6.45, 7) is -0.311. The van der Waals surface area contributed by atoms with Crippen LogP contribution in [0.25, 0.3) is 0 Å². The monoisotopic (exact) mass is 348 g/mol. The third kappa shape index (κ3) is 3.42. The van der Waals surface area contributed by atoms with Crippen LogP contribution in [0.3, 0.4) is 0 Å². The van der Waals surface area contributed by atoms with E-state index in [2.05, 4.69) is 0 Å². The summed E-state index contributed by atoms with van der Waals surface area (Å²) in [5.41, 5.74) is -0.112. The largest absolute Gasteiger partial charge is 0.394 e. The van der Waals surface area contributed by atoms with E-state index in [1.54, 1.807) is 0 Å².